The Bertz CT molecular complexity index is 1010. The van der Waals surface area contributed by atoms with Gasteiger partial charge in [-0.25, -0.2) is 9.98 Å². The highest BCUT2D eigenvalue weighted by atomic mass is 16.5. The quantitative estimate of drug-likeness (QED) is 0.399. The van der Waals surface area contributed by atoms with E-state index in [1.807, 2.05) is 54.6 Å². The fraction of sp³-hybridized carbons (Fsp3) is 0.259. The monoisotopic (exact) mass is 410 g/mol. The molecule has 1 radical (unpaired) electrons. The largest absolute Gasteiger partial charge is 0.494 e. The Hall–Kier alpha value is -3.40. The molecule has 31 heavy (non-hydrogen) atoms. The van der Waals surface area contributed by atoms with Crippen molar-refractivity contribution in [2.24, 2.45) is 9.98 Å². The standard InChI is InChI=1S/C27H28N3O/c1-2-3-4-11-20-31-25-18-16-22(17-19-25)26-28-21-30(24-14-9-6-10-15-24)27(29-26)23-12-7-5-8-13-23/h5-10,12-16,18-19H,2-4,11,20-21H2,1H3. The van der Waals surface area contributed by atoms with Gasteiger partial charge in [-0.2, -0.15) is 0 Å². The molecule has 1 aliphatic heterocycles. The number of hydrogen-bond acceptors (Lipinski definition) is 4. The van der Waals surface area contributed by atoms with Gasteiger partial charge in [-0.15, -0.1) is 0 Å². The highest BCUT2D eigenvalue weighted by Gasteiger charge is 2.21. The third-order valence-electron chi connectivity index (χ3n) is 5.22. The maximum Gasteiger partial charge on any atom is 0.159 e. The second kappa shape index (κ2) is 10.6. The summed E-state index contributed by atoms with van der Waals surface area (Å²) < 4.78 is 5.85. The van der Waals surface area contributed by atoms with E-state index < -0.39 is 0 Å². The van der Waals surface area contributed by atoms with Crippen molar-refractivity contribution >= 4 is 17.4 Å². The second-order valence-electron chi connectivity index (χ2n) is 7.54. The number of hydrogen-bond donors (Lipinski definition) is 0. The van der Waals surface area contributed by atoms with Crippen LogP contribution in [-0.4, -0.2) is 24.9 Å². The van der Waals surface area contributed by atoms with Crippen LogP contribution in [0.1, 0.15) is 43.7 Å². The van der Waals surface area contributed by atoms with Gasteiger partial charge in [0, 0.05) is 16.8 Å². The number of nitrogens with zero attached hydrogens (tertiary/aromatic N) is 3. The van der Waals surface area contributed by atoms with Crippen molar-refractivity contribution in [1.29, 1.82) is 0 Å². The van der Waals surface area contributed by atoms with Gasteiger partial charge in [0.15, 0.2) is 5.84 Å². The predicted octanol–water partition coefficient (Wildman–Crippen LogP) is 6.12. The minimum atomic E-state index is 0.511. The van der Waals surface area contributed by atoms with Gasteiger partial charge < -0.3 is 9.64 Å². The Morgan fingerprint density at radius 3 is 2.39 bits per heavy atom. The van der Waals surface area contributed by atoms with E-state index in [4.69, 9.17) is 14.7 Å². The number of ether oxygens (including phenoxy) is 1. The molecular weight excluding hydrogens is 382 g/mol. The van der Waals surface area contributed by atoms with E-state index in [2.05, 4.69) is 42.2 Å². The van der Waals surface area contributed by atoms with Gasteiger partial charge in [0.2, 0.25) is 0 Å². The van der Waals surface area contributed by atoms with Crippen LogP contribution in [0.15, 0.2) is 88.8 Å². The topological polar surface area (TPSA) is 37.2 Å². The molecule has 0 aromatic heterocycles. The molecule has 0 fully saturated rings. The van der Waals surface area contributed by atoms with E-state index in [1.165, 1.54) is 19.3 Å². The number of rotatable bonds is 9. The zero-order chi connectivity index (χ0) is 21.3. The lowest BCUT2D eigenvalue weighted by Crippen LogP contribution is -2.36. The van der Waals surface area contributed by atoms with Gasteiger partial charge in [-0.3, -0.25) is 0 Å². The average Bonchev–Trinajstić information content (AvgIpc) is 2.85. The predicted molar refractivity (Wildman–Crippen MR) is 128 cm³/mol. The molecule has 4 nitrogen and oxygen atoms in total. The lowest BCUT2D eigenvalue weighted by Gasteiger charge is -2.28. The number of unbranched alkanes of at least 4 members (excludes halogenated alkanes) is 3. The molecule has 1 aliphatic rings. The van der Waals surface area contributed by atoms with E-state index in [0.29, 0.717) is 12.5 Å². The fourth-order valence-electron chi connectivity index (χ4n) is 3.52. The van der Waals surface area contributed by atoms with Gasteiger partial charge in [0.05, 0.1) is 6.61 Å². The highest BCUT2D eigenvalue weighted by molar-refractivity contribution is 6.18. The van der Waals surface area contributed by atoms with Crippen LogP contribution < -0.4 is 9.64 Å². The van der Waals surface area contributed by atoms with Crippen LogP contribution in [0.5, 0.6) is 5.75 Å². The molecule has 0 atom stereocenters. The SMILES string of the molecule is CCCCCCOc1c[c]c(C2=NCN(c3ccccc3)C(c3ccccc3)=N2)cc1. The van der Waals surface area contributed by atoms with Crippen LogP contribution in [0.25, 0.3) is 0 Å². The molecule has 0 N–H and O–H groups in total. The number of para-hydroxylation sites is 1. The number of aliphatic imine (C=N–C) groups is 2. The number of benzene rings is 3. The van der Waals surface area contributed by atoms with Crippen LogP contribution in [-0.2, 0) is 0 Å². The second-order valence-corrected chi connectivity index (χ2v) is 7.54. The van der Waals surface area contributed by atoms with Crippen molar-refractivity contribution < 1.29 is 4.74 Å². The van der Waals surface area contributed by atoms with E-state index in [9.17, 15) is 0 Å². The lowest BCUT2D eigenvalue weighted by molar-refractivity contribution is 0.305. The average molecular weight is 411 g/mol. The molecule has 0 unspecified atom stereocenters. The Balaban J connectivity index is 1.52. The summed E-state index contributed by atoms with van der Waals surface area (Å²) in [6, 6.07) is 29.7. The van der Waals surface area contributed by atoms with Crippen molar-refractivity contribution in [3.8, 4) is 5.75 Å². The number of anilines is 1. The molecule has 3 aromatic carbocycles. The Morgan fingerprint density at radius 2 is 1.68 bits per heavy atom. The zero-order valence-electron chi connectivity index (χ0n) is 18.0. The summed E-state index contributed by atoms with van der Waals surface area (Å²) in [5, 5.41) is 0. The van der Waals surface area contributed by atoms with Gasteiger partial charge >= 0.3 is 0 Å². The first-order valence-electron chi connectivity index (χ1n) is 11.0. The maximum absolute atomic E-state index is 5.85. The van der Waals surface area contributed by atoms with E-state index >= 15 is 0 Å². The summed E-state index contributed by atoms with van der Waals surface area (Å²) in [7, 11) is 0. The first-order chi connectivity index (χ1) is 15.3. The van der Waals surface area contributed by atoms with Gasteiger partial charge in [0.1, 0.15) is 18.3 Å². The van der Waals surface area contributed by atoms with E-state index in [0.717, 1.165) is 41.4 Å². The molecule has 4 rings (SSSR count). The summed E-state index contributed by atoms with van der Waals surface area (Å²) in [6.45, 7) is 3.47. The maximum atomic E-state index is 5.85. The summed E-state index contributed by atoms with van der Waals surface area (Å²) in [5.41, 5.74) is 3.01. The molecule has 0 saturated heterocycles. The van der Waals surface area contributed by atoms with Crippen LogP contribution >= 0.6 is 0 Å². The molecule has 0 aliphatic carbocycles. The van der Waals surface area contributed by atoms with Crippen LogP contribution in [0.4, 0.5) is 5.69 Å². The van der Waals surface area contributed by atoms with Crippen molar-refractivity contribution in [3.05, 3.63) is 96.1 Å². The van der Waals surface area contributed by atoms with Crippen molar-refractivity contribution in [3.63, 3.8) is 0 Å². The van der Waals surface area contributed by atoms with Crippen LogP contribution in [0, 0.1) is 6.07 Å². The summed E-state index contributed by atoms with van der Waals surface area (Å²) >= 11 is 0. The lowest BCUT2D eigenvalue weighted by atomic mass is 10.1. The first-order valence-corrected chi connectivity index (χ1v) is 11.0. The van der Waals surface area contributed by atoms with Gasteiger partial charge in [-0.1, -0.05) is 74.7 Å². The third-order valence-corrected chi connectivity index (χ3v) is 5.22. The molecule has 0 spiro atoms. The Morgan fingerprint density at radius 1 is 0.903 bits per heavy atom. The molecule has 157 valence electrons. The molecule has 0 amide bonds. The Kier molecular flexibility index (Phi) is 7.12. The zero-order valence-corrected chi connectivity index (χ0v) is 18.0. The van der Waals surface area contributed by atoms with Gasteiger partial charge in [-0.05, 0) is 42.8 Å². The van der Waals surface area contributed by atoms with Crippen molar-refractivity contribution in [2.75, 3.05) is 18.2 Å². The minimum absolute atomic E-state index is 0.511. The summed E-state index contributed by atoms with van der Waals surface area (Å²) in [4.78, 5) is 11.8. The third kappa shape index (κ3) is 5.40. The van der Waals surface area contributed by atoms with E-state index in [1.54, 1.807) is 0 Å². The molecule has 0 saturated carbocycles. The van der Waals surface area contributed by atoms with Crippen LogP contribution in [0.2, 0.25) is 0 Å². The van der Waals surface area contributed by atoms with Crippen LogP contribution in [0.3, 0.4) is 0 Å². The fourth-order valence-corrected chi connectivity index (χ4v) is 3.52. The van der Waals surface area contributed by atoms with Crippen molar-refractivity contribution in [1.82, 2.24) is 0 Å². The molecular formula is C27H28N3O. The van der Waals surface area contributed by atoms with Gasteiger partial charge in [0.25, 0.3) is 0 Å². The van der Waals surface area contributed by atoms with Crippen molar-refractivity contribution in [2.45, 2.75) is 32.6 Å². The molecule has 1 heterocycles. The normalized spacial score (nSPS) is 13.5. The molecule has 3 aromatic rings. The Labute approximate surface area is 184 Å². The molecule has 0 bridgehead atoms. The smallest absolute Gasteiger partial charge is 0.159 e. The summed E-state index contributed by atoms with van der Waals surface area (Å²) in [5.74, 6) is 2.43. The first kappa shape index (κ1) is 20.9. The van der Waals surface area contributed by atoms with E-state index in [-0.39, 0.29) is 0 Å². The minimum Gasteiger partial charge on any atom is -0.494 e. The number of amidine groups is 2. The summed E-state index contributed by atoms with van der Waals surface area (Å²) in [6.07, 6.45) is 4.79. The highest BCUT2D eigenvalue weighted by Crippen LogP contribution is 2.22. The molecule has 4 heteroatoms.